The molecule has 34 heavy (non-hydrogen) atoms. The third-order valence-electron chi connectivity index (χ3n) is 5.64. The lowest BCUT2D eigenvalue weighted by Crippen LogP contribution is -2.39. The zero-order valence-electron chi connectivity index (χ0n) is 18.1. The first-order valence-electron chi connectivity index (χ1n) is 10.4. The summed E-state index contributed by atoms with van der Waals surface area (Å²) in [4.78, 5) is 3.24. The van der Waals surface area contributed by atoms with Gasteiger partial charge in [0.25, 0.3) is 10.0 Å². The molecule has 2 N–H and O–H groups in total. The maximum atomic E-state index is 14.8. The minimum atomic E-state index is -4.22. The Morgan fingerprint density at radius 3 is 2.68 bits per heavy atom. The van der Waals surface area contributed by atoms with E-state index in [1.165, 1.54) is 34.4 Å². The molecule has 0 saturated heterocycles. The summed E-state index contributed by atoms with van der Waals surface area (Å²) in [5, 5.41) is 4.73. The summed E-state index contributed by atoms with van der Waals surface area (Å²) in [7, 11) is -2.37. The van der Waals surface area contributed by atoms with Crippen LogP contribution in [0.1, 0.15) is 18.4 Å². The van der Waals surface area contributed by atoms with Crippen molar-refractivity contribution in [2.24, 2.45) is 5.92 Å². The number of nitrogens with zero attached hydrogens (tertiary/aromatic N) is 1. The molecule has 3 aromatic rings. The van der Waals surface area contributed by atoms with Gasteiger partial charge in [0, 0.05) is 23.4 Å². The number of nitrogens with one attached hydrogen (secondary N) is 2. The molecule has 0 saturated carbocycles. The normalized spacial score (nSPS) is 18.4. The van der Waals surface area contributed by atoms with Gasteiger partial charge in [-0.3, -0.25) is 4.72 Å². The van der Waals surface area contributed by atoms with Crippen LogP contribution in [-0.2, 0) is 10.0 Å². The fourth-order valence-electron chi connectivity index (χ4n) is 3.98. The first-order valence-corrected chi connectivity index (χ1v) is 13.2. The van der Waals surface area contributed by atoms with E-state index < -0.39 is 20.7 Å². The summed E-state index contributed by atoms with van der Waals surface area (Å²) in [5.74, 6) is -1.30. The molecule has 2 atom stereocenters. The van der Waals surface area contributed by atoms with E-state index in [0.717, 1.165) is 36.1 Å². The van der Waals surface area contributed by atoms with E-state index in [-0.39, 0.29) is 41.0 Å². The zero-order valence-corrected chi connectivity index (χ0v) is 20.5. The predicted octanol–water partition coefficient (Wildman–Crippen LogP) is 5.34. The highest BCUT2D eigenvalue weighted by Crippen LogP contribution is 2.36. The molecule has 1 heterocycles. The summed E-state index contributed by atoms with van der Waals surface area (Å²) in [6, 6.07) is 8.31. The molecule has 4 rings (SSSR count). The summed E-state index contributed by atoms with van der Waals surface area (Å²) in [6.45, 7) is 0.164. The zero-order chi connectivity index (χ0) is 24.3. The van der Waals surface area contributed by atoms with Crippen molar-refractivity contribution in [2.45, 2.75) is 23.8 Å². The van der Waals surface area contributed by atoms with Crippen molar-refractivity contribution < 1.29 is 21.9 Å². The Hall–Kier alpha value is -2.53. The highest BCUT2D eigenvalue weighted by Gasteiger charge is 2.29. The number of aromatic nitrogens is 1. The molecule has 1 aliphatic carbocycles. The lowest BCUT2D eigenvalue weighted by Gasteiger charge is -2.33. The molecule has 0 aliphatic heterocycles. The van der Waals surface area contributed by atoms with Crippen LogP contribution in [0, 0.1) is 17.6 Å². The van der Waals surface area contributed by atoms with E-state index >= 15 is 0 Å². The topological polar surface area (TPSA) is 80.3 Å². The van der Waals surface area contributed by atoms with Crippen molar-refractivity contribution in [3.05, 3.63) is 75.6 Å². The third-order valence-corrected chi connectivity index (χ3v) is 7.89. The maximum absolute atomic E-state index is 14.8. The average molecular weight is 526 g/mol. The number of hydrogen-bond donors (Lipinski definition) is 2. The second-order valence-electron chi connectivity index (χ2n) is 7.75. The van der Waals surface area contributed by atoms with Crippen LogP contribution in [0.25, 0.3) is 5.57 Å². The lowest BCUT2D eigenvalue weighted by molar-refractivity contribution is 0.239. The van der Waals surface area contributed by atoms with Crippen LogP contribution in [0.15, 0.2) is 58.3 Å². The fraction of sp³-hybridized carbons (Fsp3) is 0.261. The number of sulfonamides is 1. The quantitative estimate of drug-likeness (QED) is 0.415. The average Bonchev–Trinajstić information content (AvgIpc) is 3.32. The van der Waals surface area contributed by atoms with Gasteiger partial charge in [-0.1, -0.05) is 29.8 Å². The Morgan fingerprint density at radius 1 is 1.24 bits per heavy atom. The molecule has 180 valence electrons. The molecule has 6 nitrogen and oxygen atoms in total. The molecule has 1 aromatic heterocycles. The number of rotatable bonds is 8. The van der Waals surface area contributed by atoms with Crippen LogP contribution < -0.4 is 14.8 Å². The van der Waals surface area contributed by atoms with Gasteiger partial charge in [0.05, 0.1) is 17.1 Å². The van der Waals surface area contributed by atoms with Gasteiger partial charge >= 0.3 is 0 Å². The Bertz CT molecular complexity index is 1280. The number of halogens is 3. The molecular formula is C23H22ClF2N3O3S2. The maximum Gasteiger partial charge on any atom is 0.266 e. The van der Waals surface area contributed by atoms with Crippen molar-refractivity contribution in [1.29, 1.82) is 0 Å². The van der Waals surface area contributed by atoms with Crippen molar-refractivity contribution in [3.8, 4) is 5.75 Å². The Kier molecular flexibility index (Phi) is 7.51. The van der Waals surface area contributed by atoms with E-state index in [1.54, 1.807) is 12.1 Å². The van der Waals surface area contributed by atoms with Crippen molar-refractivity contribution >= 4 is 44.4 Å². The van der Waals surface area contributed by atoms with Crippen molar-refractivity contribution in [3.63, 3.8) is 0 Å². The monoisotopic (exact) mass is 525 g/mol. The van der Waals surface area contributed by atoms with Gasteiger partial charge in [-0.2, -0.15) is 0 Å². The molecule has 0 bridgehead atoms. The lowest BCUT2D eigenvalue weighted by atomic mass is 9.80. The van der Waals surface area contributed by atoms with Crippen molar-refractivity contribution in [2.75, 3.05) is 18.4 Å². The van der Waals surface area contributed by atoms with Crippen LogP contribution >= 0.6 is 22.9 Å². The van der Waals surface area contributed by atoms with Gasteiger partial charge < -0.3 is 10.1 Å². The predicted molar refractivity (Wildman–Crippen MR) is 130 cm³/mol. The molecular weight excluding hydrogens is 504 g/mol. The van der Waals surface area contributed by atoms with Gasteiger partial charge in [-0.05, 0) is 49.2 Å². The Morgan fingerprint density at radius 2 is 2.00 bits per heavy atom. The molecule has 0 fully saturated rings. The van der Waals surface area contributed by atoms with E-state index in [2.05, 4.69) is 21.1 Å². The van der Waals surface area contributed by atoms with Gasteiger partial charge in [0.15, 0.2) is 5.82 Å². The van der Waals surface area contributed by atoms with Gasteiger partial charge in [0.2, 0.25) is 0 Å². The molecule has 2 aromatic carbocycles. The highest BCUT2D eigenvalue weighted by molar-refractivity contribution is 7.92. The summed E-state index contributed by atoms with van der Waals surface area (Å²) in [6.07, 6.45) is 3.82. The first-order chi connectivity index (χ1) is 16.3. The Balaban J connectivity index is 1.56. The number of benzene rings is 2. The minimum absolute atomic E-state index is 0.0330. The van der Waals surface area contributed by atoms with Crippen LogP contribution in [0.2, 0.25) is 5.02 Å². The fourth-order valence-corrected chi connectivity index (χ4v) is 5.90. The molecule has 1 aliphatic rings. The van der Waals surface area contributed by atoms with Gasteiger partial charge in [0.1, 0.15) is 22.3 Å². The summed E-state index contributed by atoms with van der Waals surface area (Å²) in [5.41, 5.74) is 3.33. The van der Waals surface area contributed by atoms with Crippen LogP contribution in [-0.4, -0.2) is 33.1 Å². The second kappa shape index (κ2) is 10.4. The largest absolute Gasteiger partial charge is 0.491 e. The summed E-state index contributed by atoms with van der Waals surface area (Å²) >= 11 is 7.48. The Labute approximate surface area is 205 Å². The number of allylic oxidation sites excluding steroid dienone is 1. The van der Waals surface area contributed by atoms with E-state index in [1.807, 2.05) is 7.05 Å². The van der Waals surface area contributed by atoms with Crippen LogP contribution in [0.3, 0.4) is 0 Å². The van der Waals surface area contributed by atoms with Gasteiger partial charge in [-0.15, -0.1) is 11.3 Å². The standard InChI is InChI=1S/C23H22ClF2N3O3S2/c1-27-20-4-2-3-16(14-5-7-15(25)8-6-14)17(20)11-32-21-10-19(26)22(9-18(21)24)34(30,31)29-23-12-33-13-28-23/h3,5-10,12-13,17,20,27,29H,2,4,11H2,1H3. The number of anilines is 1. The van der Waals surface area contributed by atoms with Crippen LogP contribution in [0.5, 0.6) is 5.75 Å². The van der Waals surface area contributed by atoms with E-state index in [4.69, 9.17) is 16.3 Å². The summed E-state index contributed by atoms with van der Waals surface area (Å²) < 4.78 is 61.5. The molecule has 0 amide bonds. The number of thiazole rings is 1. The highest BCUT2D eigenvalue weighted by atomic mass is 35.5. The van der Waals surface area contributed by atoms with E-state index in [0.29, 0.717) is 0 Å². The third kappa shape index (κ3) is 5.41. The number of hydrogen-bond acceptors (Lipinski definition) is 6. The molecule has 2 unspecified atom stereocenters. The molecule has 0 radical (unpaired) electrons. The van der Waals surface area contributed by atoms with Crippen molar-refractivity contribution in [1.82, 2.24) is 10.3 Å². The van der Waals surface area contributed by atoms with Crippen LogP contribution in [0.4, 0.5) is 14.6 Å². The SMILES string of the molecule is CNC1CCC=C(c2ccc(F)cc2)C1COc1cc(F)c(S(=O)(=O)Nc2cscn2)cc1Cl. The first kappa shape index (κ1) is 24.6. The molecule has 11 heteroatoms. The minimum Gasteiger partial charge on any atom is -0.491 e. The smallest absolute Gasteiger partial charge is 0.266 e. The number of ether oxygens (including phenoxy) is 1. The van der Waals surface area contributed by atoms with Gasteiger partial charge in [-0.25, -0.2) is 22.2 Å². The van der Waals surface area contributed by atoms with E-state index in [9.17, 15) is 17.2 Å². The molecule has 0 spiro atoms. The second-order valence-corrected chi connectivity index (χ2v) is 10.5.